The normalized spacial score (nSPS) is 19.8. The third-order valence-corrected chi connectivity index (χ3v) is 4.15. The fourth-order valence-corrected chi connectivity index (χ4v) is 2.89. The molecule has 5 heteroatoms. The number of nitrogens with two attached hydrogens (primary N) is 1. The lowest BCUT2D eigenvalue weighted by atomic mass is 10.0. The zero-order valence-corrected chi connectivity index (χ0v) is 13.0. The number of nitrogens with one attached hydrogen (secondary N) is 1. The smallest absolute Gasteiger partial charge is 0.136 e. The van der Waals surface area contributed by atoms with Gasteiger partial charge in [-0.25, -0.2) is 4.98 Å². The molecule has 0 aliphatic carbocycles. The van der Waals surface area contributed by atoms with Crippen LogP contribution >= 0.6 is 12.2 Å². The van der Waals surface area contributed by atoms with Crippen LogP contribution < -0.4 is 11.1 Å². The van der Waals surface area contributed by atoms with Crippen LogP contribution in [0.5, 0.6) is 0 Å². The van der Waals surface area contributed by atoms with Crippen molar-refractivity contribution in [2.75, 3.05) is 25.0 Å². The number of hydrogen-bond acceptors (Lipinski definition) is 4. The molecule has 1 aromatic heterocycles. The Morgan fingerprint density at radius 2 is 2.40 bits per heavy atom. The average Bonchev–Trinajstić information content (AvgIpc) is 2.45. The Morgan fingerprint density at radius 1 is 1.55 bits per heavy atom. The largest absolute Gasteiger partial charge is 0.389 e. The van der Waals surface area contributed by atoms with E-state index in [9.17, 15) is 0 Å². The number of aromatic nitrogens is 1. The van der Waals surface area contributed by atoms with Crippen molar-refractivity contribution in [1.82, 2.24) is 9.88 Å². The Hall–Kier alpha value is -1.20. The van der Waals surface area contributed by atoms with E-state index in [-0.39, 0.29) is 0 Å². The van der Waals surface area contributed by atoms with Crippen LogP contribution in [0, 0.1) is 0 Å². The number of piperidine rings is 1. The van der Waals surface area contributed by atoms with Gasteiger partial charge < -0.3 is 16.0 Å². The van der Waals surface area contributed by atoms with Gasteiger partial charge in [0.15, 0.2) is 0 Å². The molecule has 1 fully saturated rings. The third kappa shape index (κ3) is 4.15. The molecule has 0 bridgehead atoms. The summed E-state index contributed by atoms with van der Waals surface area (Å²) in [5.74, 6) is 0.798. The molecule has 0 amide bonds. The molecule has 0 radical (unpaired) electrons. The zero-order valence-electron chi connectivity index (χ0n) is 12.1. The first-order valence-electron chi connectivity index (χ1n) is 7.41. The Bertz CT molecular complexity index is 449. The lowest BCUT2D eigenvalue weighted by Gasteiger charge is -2.33. The number of hydrogen-bond donors (Lipinski definition) is 2. The highest BCUT2D eigenvalue weighted by Gasteiger charge is 2.17. The summed E-state index contributed by atoms with van der Waals surface area (Å²) in [5.41, 5.74) is 6.52. The second-order valence-electron chi connectivity index (χ2n) is 5.42. The Kier molecular flexibility index (Phi) is 5.73. The van der Waals surface area contributed by atoms with E-state index >= 15 is 0 Å². The zero-order chi connectivity index (χ0) is 14.4. The summed E-state index contributed by atoms with van der Waals surface area (Å²) in [5, 5.41) is 3.34. The van der Waals surface area contributed by atoms with E-state index in [4.69, 9.17) is 18.0 Å². The van der Waals surface area contributed by atoms with Crippen LogP contribution in [0.25, 0.3) is 0 Å². The van der Waals surface area contributed by atoms with Gasteiger partial charge >= 0.3 is 0 Å². The summed E-state index contributed by atoms with van der Waals surface area (Å²) in [4.78, 5) is 7.28. The maximum Gasteiger partial charge on any atom is 0.136 e. The Morgan fingerprint density at radius 3 is 3.15 bits per heavy atom. The highest BCUT2D eigenvalue weighted by atomic mass is 32.1. The predicted octanol–water partition coefficient (Wildman–Crippen LogP) is 2.39. The van der Waals surface area contributed by atoms with Gasteiger partial charge in [0.05, 0.1) is 5.56 Å². The van der Waals surface area contributed by atoms with E-state index in [1.165, 1.54) is 25.8 Å². The number of pyridine rings is 1. The van der Waals surface area contributed by atoms with Crippen molar-refractivity contribution in [2.24, 2.45) is 5.73 Å². The topological polar surface area (TPSA) is 54.2 Å². The van der Waals surface area contributed by atoms with Gasteiger partial charge in [-0.2, -0.15) is 0 Å². The molecule has 2 rings (SSSR count). The summed E-state index contributed by atoms with van der Waals surface area (Å²) >= 11 is 5.04. The molecule has 1 saturated heterocycles. The van der Waals surface area contributed by atoms with Gasteiger partial charge in [0.2, 0.25) is 0 Å². The molecule has 1 aromatic rings. The van der Waals surface area contributed by atoms with Crippen LogP contribution in [0.2, 0.25) is 0 Å². The molecule has 0 spiro atoms. The summed E-state index contributed by atoms with van der Waals surface area (Å²) < 4.78 is 0. The van der Waals surface area contributed by atoms with Gasteiger partial charge in [0, 0.05) is 25.3 Å². The maximum atomic E-state index is 5.70. The third-order valence-electron chi connectivity index (χ3n) is 3.93. The van der Waals surface area contributed by atoms with E-state index < -0.39 is 0 Å². The minimum atomic E-state index is 0.394. The van der Waals surface area contributed by atoms with Crippen molar-refractivity contribution < 1.29 is 0 Å². The molecule has 2 heterocycles. The molecule has 4 nitrogen and oxygen atoms in total. The van der Waals surface area contributed by atoms with Gasteiger partial charge in [-0.3, -0.25) is 0 Å². The summed E-state index contributed by atoms with van der Waals surface area (Å²) in [6, 6.07) is 4.49. The molecule has 1 atom stereocenters. The molecule has 0 aromatic carbocycles. The van der Waals surface area contributed by atoms with Crippen LogP contribution in [0.4, 0.5) is 5.82 Å². The minimum Gasteiger partial charge on any atom is -0.389 e. The second kappa shape index (κ2) is 7.55. The second-order valence-corrected chi connectivity index (χ2v) is 5.86. The molecule has 1 aliphatic rings. The highest BCUT2D eigenvalue weighted by Crippen LogP contribution is 2.16. The van der Waals surface area contributed by atoms with Crippen molar-refractivity contribution in [3.8, 4) is 0 Å². The average molecular weight is 292 g/mol. The van der Waals surface area contributed by atoms with E-state index in [1.54, 1.807) is 6.20 Å². The van der Waals surface area contributed by atoms with Crippen molar-refractivity contribution in [3.63, 3.8) is 0 Å². The van der Waals surface area contributed by atoms with Crippen LogP contribution in [0.1, 0.15) is 38.2 Å². The quantitative estimate of drug-likeness (QED) is 0.623. The predicted molar refractivity (Wildman–Crippen MR) is 88.1 cm³/mol. The van der Waals surface area contributed by atoms with E-state index in [0.29, 0.717) is 4.99 Å². The van der Waals surface area contributed by atoms with Gasteiger partial charge in [0.25, 0.3) is 0 Å². The highest BCUT2D eigenvalue weighted by molar-refractivity contribution is 7.80. The lowest BCUT2D eigenvalue weighted by Crippen LogP contribution is -2.38. The Balaban J connectivity index is 1.77. The molecule has 3 N–H and O–H groups in total. The van der Waals surface area contributed by atoms with E-state index in [1.807, 2.05) is 12.1 Å². The Labute approximate surface area is 126 Å². The number of rotatable bonds is 6. The molecule has 110 valence electrons. The van der Waals surface area contributed by atoms with Crippen molar-refractivity contribution in [3.05, 3.63) is 23.9 Å². The van der Waals surface area contributed by atoms with Crippen molar-refractivity contribution in [2.45, 2.75) is 38.6 Å². The number of anilines is 1. The molecular weight excluding hydrogens is 268 g/mol. The number of nitrogens with zero attached hydrogens (tertiary/aromatic N) is 2. The van der Waals surface area contributed by atoms with Crippen LogP contribution in [0.15, 0.2) is 18.3 Å². The fraction of sp³-hybridized carbons (Fsp3) is 0.600. The summed E-state index contributed by atoms with van der Waals surface area (Å²) in [6.45, 7) is 5.61. The first kappa shape index (κ1) is 15.2. The van der Waals surface area contributed by atoms with Crippen LogP contribution in [0.3, 0.4) is 0 Å². The van der Waals surface area contributed by atoms with Gasteiger partial charge in [-0.15, -0.1) is 0 Å². The fourth-order valence-electron chi connectivity index (χ4n) is 2.72. The van der Waals surface area contributed by atoms with Gasteiger partial charge in [-0.1, -0.05) is 18.6 Å². The number of likely N-dealkylation sites (tertiary alicyclic amines) is 1. The van der Waals surface area contributed by atoms with Gasteiger partial charge in [-0.05, 0) is 44.9 Å². The minimum absolute atomic E-state index is 0.394. The van der Waals surface area contributed by atoms with Crippen LogP contribution in [-0.2, 0) is 0 Å². The SMILES string of the molecule is CC1CCCCN1CCCNc1ncccc1C(N)=S. The van der Waals surface area contributed by atoms with Crippen molar-refractivity contribution >= 4 is 23.0 Å². The monoisotopic (exact) mass is 292 g/mol. The van der Waals surface area contributed by atoms with Gasteiger partial charge in [0.1, 0.15) is 10.8 Å². The maximum absolute atomic E-state index is 5.70. The van der Waals surface area contributed by atoms with E-state index in [0.717, 1.165) is 36.9 Å². The first-order valence-corrected chi connectivity index (χ1v) is 7.82. The van der Waals surface area contributed by atoms with E-state index in [2.05, 4.69) is 22.1 Å². The first-order chi connectivity index (χ1) is 9.68. The molecule has 20 heavy (non-hydrogen) atoms. The molecule has 0 saturated carbocycles. The molecular formula is C15H24N4S. The molecule has 1 aliphatic heterocycles. The lowest BCUT2D eigenvalue weighted by molar-refractivity contribution is 0.160. The summed E-state index contributed by atoms with van der Waals surface area (Å²) in [7, 11) is 0. The molecule has 1 unspecified atom stereocenters. The summed E-state index contributed by atoms with van der Waals surface area (Å²) in [6.07, 6.45) is 6.92. The standard InChI is InChI=1S/C15H24N4S/c1-12-6-2-3-10-19(12)11-5-9-18-15-13(14(16)20)7-4-8-17-15/h4,7-8,12H,2-3,5-6,9-11H2,1H3,(H2,16,20)(H,17,18). The number of thiocarbonyl (C=S) groups is 1. The van der Waals surface area contributed by atoms with Crippen LogP contribution in [-0.4, -0.2) is 40.5 Å². The van der Waals surface area contributed by atoms with Crippen molar-refractivity contribution in [1.29, 1.82) is 0 Å².